The molecule has 3 aromatic heterocycles. The molecule has 0 fully saturated rings. The smallest absolute Gasteiger partial charge is 0.262 e. The van der Waals surface area contributed by atoms with Crippen LogP contribution in [0.1, 0.15) is 5.56 Å². The van der Waals surface area contributed by atoms with E-state index in [1.54, 1.807) is 6.07 Å². The first-order valence-corrected chi connectivity index (χ1v) is 9.44. The number of amides is 1. The second kappa shape index (κ2) is 6.77. The predicted molar refractivity (Wildman–Crippen MR) is 103 cm³/mol. The van der Waals surface area contributed by atoms with Gasteiger partial charge >= 0.3 is 0 Å². The van der Waals surface area contributed by atoms with Crippen LogP contribution in [0.25, 0.3) is 21.5 Å². The van der Waals surface area contributed by atoms with E-state index >= 15 is 0 Å². The van der Waals surface area contributed by atoms with Crippen LogP contribution in [0.15, 0.2) is 46.1 Å². The summed E-state index contributed by atoms with van der Waals surface area (Å²) in [4.78, 5) is 29.7. The molecule has 130 valence electrons. The van der Waals surface area contributed by atoms with Crippen molar-refractivity contribution in [2.45, 2.75) is 13.5 Å². The van der Waals surface area contributed by atoms with Crippen LogP contribution in [0.2, 0.25) is 0 Å². The van der Waals surface area contributed by atoms with Gasteiger partial charge in [0.2, 0.25) is 5.91 Å². The molecule has 0 aliphatic heterocycles. The molecular formula is C17H13N5O2S2. The molecule has 26 heavy (non-hydrogen) atoms. The predicted octanol–water partition coefficient (Wildman–Crippen LogP) is 2.92. The van der Waals surface area contributed by atoms with Crippen molar-refractivity contribution < 1.29 is 4.79 Å². The van der Waals surface area contributed by atoms with E-state index in [-0.39, 0.29) is 18.0 Å². The number of thiophene rings is 1. The Balaban J connectivity index is 1.57. The third-order valence-electron chi connectivity index (χ3n) is 3.93. The lowest BCUT2D eigenvalue weighted by molar-refractivity contribution is -0.116. The van der Waals surface area contributed by atoms with Crippen LogP contribution in [0.4, 0.5) is 5.69 Å². The van der Waals surface area contributed by atoms with E-state index in [9.17, 15) is 9.59 Å². The van der Waals surface area contributed by atoms with Gasteiger partial charge in [0, 0.05) is 16.6 Å². The maximum Gasteiger partial charge on any atom is 0.262 e. The van der Waals surface area contributed by atoms with Crippen molar-refractivity contribution in [3.63, 3.8) is 0 Å². The number of aryl methyl sites for hydroxylation is 1. The third kappa shape index (κ3) is 3.14. The summed E-state index contributed by atoms with van der Waals surface area (Å²) < 4.78 is 5.17. The Kier molecular flexibility index (Phi) is 4.31. The van der Waals surface area contributed by atoms with Crippen molar-refractivity contribution in [2.24, 2.45) is 0 Å². The summed E-state index contributed by atoms with van der Waals surface area (Å²) in [5.41, 5.74) is 3.01. The van der Waals surface area contributed by atoms with Gasteiger partial charge in [0.15, 0.2) is 0 Å². The summed E-state index contributed by atoms with van der Waals surface area (Å²) in [6.07, 6.45) is 1.41. The van der Waals surface area contributed by atoms with Gasteiger partial charge in [0.05, 0.1) is 11.7 Å². The first-order valence-electron chi connectivity index (χ1n) is 7.72. The van der Waals surface area contributed by atoms with Gasteiger partial charge in [-0.25, -0.2) is 4.98 Å². The van der Waals surface area contributed by atoms with Gasteiger partial charge in [-0.15, -0.1) is 16.4 Å². The average Bonchev–Trinajstić information content (AvgIpc) is 3.31. The third-order valence-corrected chi connectivity index (χ3v) is 5.26. The standard InChI is InChI=1S/C17H13N5O2S2/c1-10-2-3-11(14-8-26-21-20-14)6-13(10)19-15(23)7-22-9-18-16-12(17(22)24)4-5-25-16/h2-6,8-9H,7H2,1H3,(H,19,23). The molecule has 0 unspecified atom stereocenters. The van der Waals surface area contributed by atoms with E-state index in [1.165, 1.54) is 33.8 Å². The first-order chi connectivity index (χ1) is 12.6. The van der Waals surface area contributed by atoms with Crippen LogP contribution in [0.5, 0.6) is 0 Å². The van der Waals surface area contributed by atoms with E-state index in [0.29, 0.717) is 15.9 Å². The van der Waals surface area contributed by atoms with Crippen molar-refractivity contribution in [1.29, 1.82) is 0 Å². The van der Waals surface area contributed by atoms with Crippen molar-refractivity contribution in [1.82, 2.24) is 19.1 Å². The molecule has 0 aliphatic carbocycles. The molecule has 1 aromatic carbocycles. The topological polar surface area (TPSA) is 89.8 Å². The largest absolute Gasteiger partial charge is 0.324 e. The Bertz CT molecular complexity index is 1150. The van der Waals surface area contributed by atoms with Crippen LogP contribution < -0.4 is 10.9 Å². The molecular weight excluding hydrogens is 370 g/mol. The average molecular weight is 383 g/mol. The molecule has 1 N–H and O–H groups in total. The molecule has 0 saturated heterocycles. The maximum atomic E-state index is 12.4. The fourth-order valence-electron chi connectivity index (χ4n) is 2.56. The number of rotatable bonds is 4. The number of hydrogen-bond donors (Lipinski definition) is 1. The fraction of sp³-hybridized carbons (Fsp3) is 0.118. The summed E-state index contributed by atoms with van der Waals surface area (Å²) in [6, 6.07) is 7.42. The van der Waals surface area contributed by atoms with Crippen LogP contribution in [-0.4, -0.2) is 25.0 Å². The summed E-state index contributed by atoms with van der Waals surface area (Å²) in [7, 11) is 0. The minimum Gasteiger partial charge on any atom is -0.324 e. The van der Waals surface area contributed by atoms with Crippen LogP contribution in [0, 0.1) is 6.92 Å². The number of carbonyl (C=O) groups excluding carboxylic acids is 1. The Morgan fingerprint density at radius 1 is 1.31 bits per heavy atom. The number of aromatic nitrogens is 4. The van der Waals surface area contributed by atoms with E-state index in [2.05, 4.69) is 19.9 Å². The molecule has 7 nitrogen and oxygen atoms in total. The van der Waals surface area contributed by atoms with Crippen molar-refractivity contribution >= 4 is 44.7 Å². The molecule has 3 heterocycles. The lowest BCUT2D eigenvalue weighted by Gasteiger charge is -2.11. The zero-order valence-corrected chi connectivity index (χ0v) is 15.3. The monoisotopic (exact) mass is 383 g/mol. The van der Waals surface area contributed by atoms with E-state index in [1.807, 2.05) is 35.9 Å². The van der Waals surface area contributed by atoms with Crippen LogP contribution in [0.3, 0.4) is 0 Å². The quantitative estimate of drug-likeness (QED) is 0.585. The maximum absolute atomic E-state index is 12.4. The molecule has 0 aliphatic rings. The van der Waals surface area contributed by atoms with E-state index < -0.39 is 0 Å². The van der Waals surface area contributed by atoms with Crippen LogP contribution >= 0.6 is 22.9 Å². The van der Waals surface area contributed by atoms with Gasteiger partial charge in [0.1, 0.15) is 17.1 Å². The zero-order valence-electron chi connectivity index (χ0n) is 13.7. The molecule has 4 aromatic rings. The van der Waals surface area contributed by atoms with Crippen molar-refractivity contribution in [2.75, 3.05) is 5.32 Å². The first kappa shape index (κ1) is 16.6. The fourth-order valence-corrected chi connectivity index (χ4v) is 3.75. The Morgan fingerprint density at radius 2 is 2.19 bits per heavy atom. The molecule has 1 amide bonds. The second-order valence-electron chi connectivity index (χ2n) is 5.69. The minimum atomic E-state index is -0.292. The number of carbonyl (C=O) groups is 1. The van der Waals surface area contributed by atoms with Gasteiger partial charge in [-0.05, 0) is 41.5 Å². The van der Waals surface area contributed by atoms with Gasteiger partial charge in [0.25, 0.3) is 5.56 Å². The minimum absolute atomic E-state index is 0.0977. The van der Waals surface area contributed by atoms with Gasteiger partial charge in [-0.3, -0.25) is 14.2 Å². The van der Waals surface area contributed by atoms with Gasteiger partial charge in [-0.1, -0.05) is 16.6 Å². The van der Waals surface area contributed by atoms with E-state index in [4.69, 9.17) is 0 Å². The number of anilines is 1. The molecule has 0 bridgehead atoms. The number of hydrogen-bond acceptors (Lipinski definition) is 7. The number of benzene rings is 1. The number of nitrogens with one attached hydrogen (secondary N) is 1. The Labute approximate surface area is 156 Å². The Morgan fingerprint density at radius 3 is 3.00 bits per heavy atom. The lowest BCUT2D eigenvalue weighted by atomic mass is 10.1. The normalized spacial score (nSPS) is 11.0. The van der Waals surface area contributed by atoms with Gasteiger partial charge < -0.3 is 5.32 Å². The van der Waals surface area contributed by atoms with Crippen molar-refractivity contribution in [3.8, 4) is 11.3 Å². The Hall–Kier alpha value is -2.91. The highest BCUT2D eigenvalue weighted by Gasteiger charge is 2.11. The highest BCUT2D eigenvalue weighted by atomic mass is 32.1. The van der Waals surface area contributed by atoms with Gasteiger partial charge in [-0.2, -0.15) is 0 Å². The number of fused-ring (bicyclic) bond motifs is 1. The zero-order chi connectivity index (χ0) is 18.1. The van der Waals surface area contributed by atoms with Crippen LogP contribution in [-0.2, 0) is 11.3 Å². The summed E-state index contributed by atoms with van der Waals surface area (Å²) in [5.74, 6) is -0.292. The van der Waals surface area contributed by atoms with Crippen molar-refractivity contribution in [3.05, 3.63) is 57.3 Å². The highest BCUT2D eigenvalue weighted by Crippen LogP contribution is 2.24. The molecule has 0 saturated carbocycles. The molecule has 0 spiro atoms. The SMILES string of the molecule is Cc1ccc(-c2csnn2)cc1NC(=O)Cn1cnc2sccc2c1=O. The highest BCUT2D eigenvalue weighted by molar-refractivity contribution is 7.16. The molecule has 4 rings (SSSR count). The summed E-state index contributed by atoms with van der Waals surface area (Å²) in [5, 5.41) is 11.1. The molecule has 0 radical (unpaired) electrons. The number of nitrogens with zero attached hydrogens (tertiary/aromatic N) is 4. The molecule has 0 atom stereocenters. The second-order valence-corrected chi connectivity index (χ2v) is 7.19. The summed E-state index contributed by atoms with van der Waals surface area (Å²) >= 11 is 2.67. The van der Waals surface area contributed by atoms with E-state index in [0.717, 1.165) is 16.8 Å². The molecule has 9 heteroatoms. The summed E-state index contributed by atoms with van der Waals surface area (Å²) in [6.45, 7) is 1.81. The lowest BCUT2D eigenvalue weighted by Crippen LogP contribution is -2.27.